The summed E-state index contributed by atoms with van der Waals surface area (Å²) in [6.07, 6.45) is 1.89. The number of rotatable bonds is 9. The Bertz CT molecular complexity index is 654. The van der Waals surface area contributed by atoms with Crippen LogP contribution >= 0.6 is 35.3 Å². The van der Waals surface area contributed by atoms with Gasteiger partial charge in [-0.2, -0.15) is 0 Å². The lowest BCUT2D eigenvalue weighted by atomic mass is 9.90. The van der Waals surface area contributed by atoms with Crippen LogP contribution in [0.15, 0.2) is 22.5 Å². The summed E-state index contributed by atoms with van der Waals surface area (Å²) in [4.78, 5) is 6.01. The predicted octanol–water partition coefficient (Wildman–Crippen LogP) is 3.66. The van der Waals surface area contributed by atoms with Crippen molar-refractivity contribution in [1.82, 2.24) is 10.6 Å². The number of sulfone groups is 1. The Labute approximate surface area is 180 Å². The van der Waals surface area contributed by atoms with E-state index in [1.165, 1.54) is 11.1 Å². The lowest BCUT2D eigenvalue weighted by molar-refractivity contribution is 0.365. The number of thiophene rings is 1. The van der Waals surface area contributed by atoms with E-state index in [1.807, 2.05) is 6.92 Å². The fourth-order valence-corrected chi connectivity index (χ4v) is 4.01. The Hall–Kier alpha value is -0.350. The molecule has 0 spiro atoms. The molecular weight excluding hydrogens is 481 g/mol. The zero-order chi connectivity index (χ0) is 19.1. The van der Waals surface area contributed by atoms with Crippen LogP contribution in [0.2, 0.25) is 0 Å². The SMILES string of the molecule is CCNC(=NCC(C)(C)CCS(C)(=O)=O)NCC(C)(C)c1cccs1.I. The zero-order valence-corrected chi connectivity index (χ0v) is 20.7. The van der Waals surface area contributed by atoms with Crippen LogP contribution in [0.5, 0.6) is 0 Å². The Morgan fingerprint density at radius 2 is 1.88 bits per heavy atom. The number of hydrogen-bond acceptors (Lipinski definition) is 4. The number of halogens is 1. The van der Waals surface area contributed by atoms with Crippen LogP contribution in [0.1, 0.15) is 45.9 Å². The van der Waals surface area contributed by atoms with Gasteiger partial charge in [0, 0.05) is 36.2 Å². The van der Waals surface area contributed by atoms with Gasteiger partial charge in [-0.1, -0.05) is 33.8 Å². The summed E-state index contributed by atoms with van der Waals surface area (Å²) in [7, 11) is -2.94. The second-order valence-corrected chi connectivity index (χ2v) is 11.2. The van der Waals surface area contributed by atoms with Crippen LogP contribution in [-0.4, -0.2) is 46.0 Å². The van der Waals surface area contributed by atoms with E-state index < -0.39 is 9.84 Å². The van der Waals surface area contributed by atoms with Gasteiger partial charge in [0.2, 0.25) is 0 Å². The molecule has 1 aromatic rings. The highest BCUT2D eigenvalue weighted by molar-refractivity contribution is 14.0. The standard InChI is InChI=1S/C18H33N3O2S2.HI/c1-7-19-16(20-13-17(2,3)10-12-25(6,22)23)21-14-18(4,5)15-9-8-11-24-15;/h8-9,11H,7,10,12-14H2,1-6H3,(H2,19,20,21);1H. The molecule has 0 aliphatic rings. The average Bonchev–Trinajstić information content (AvgIpc) is 3.03. The van der Waals surface area contributed by atoms with E-state index >= 15 is 0 Å². The van der Waals surface area contributed by atoms with Gasteiger partial charge in [-0.25, -0.2) is 8.42 Å². The fourth-order valence-electron chi connectivity index (χ4n) is 2.23. The molecule has 0 fully saturated rings. The molecule has 0 radical (unpaired) electrons. The van der Waals surface area contributed by atoms with Crippen molar-refractivity contribution < 1.29 is 8.42 Å². The third kappa shape index (κ3) is 10.1. The lowest BCUT2D eigenvalue weighted by Crippen LogP contribution is -2.43. The molecule has 1 rings (SSSR count). The number of hydrogen-bond donors (Lipinski definition) is 2. The van der Waals surface area contributed by atoms with E-state index in [0.717, 1.165) is 19.0 Å². The molecule has 8 heteroatoms. The molecule has 0 amide bonds. The molecule has 0 saturated heterocycles. The normalized spacial score (nSPS) is 13.2. The number of guanidine groups is 1. The van der Waals surface area contributed by atoms with Crippen molar-refractivity contribution in [2.24, 2.45) is 10.4 Å². The first-order chi connectivity index (χ1) is 11.5. The van der Waals surface area contributed by atoms with E-state index in [0.29, 0.717) is 13.0 Å². The van der Waals surface area contributed by atoms with E-state index in [4.69, 9.17) is 0 Å². The quantitative estimate of drug-likeness (QED) is 0.299. The smallest absolute Gasteiger partial charge is 0.191 e. The lowest BCUT2D eigenvalue weighted by Gasteiger charge is -2.26. The molecule has 26 heavy (non-hydrogen) atoms. The first-order valence-corrected chi connectivity index (χ1v) is 11.6. The van der Waals surface area contributed by atoms with E-state index in [1.54, 1.807) is 11.3 Å². The minimum absolute atomic E-state index is 0. The molecule has 0 aliphatic heterocycles. The topological polar surface area (TPSA) is 70.6 Å². The molecule has 2 N–H and O–H groups in total. The van der Waals surface area contributed by atoms with Gasteiger partial charge in [0.05, 0.1) is 5.75 Å². The molecular formula is C18H34IN3O2S2. The molecule has 0 atom stereocenters. The molecule has 152 valence electrons. The summed E-state index contributed by atoms with van der Waals surface area (Å²) in [6, 6.07) is 4.23. The van der Waals surface area contributed by atoms with Gasteiger partial charge in [0.1, 0.15) is 9.84 Å². The van der Waals surface area contributed by atoms with Gasteiger partial charge in [0.15, 0.2) is 5.96 Å². The highest BCUT2D eigenvalue weighted by Crippen LogP contribution is 2.26. The molecule has 5 nitrogen and oxygen atoms in total. The highest BCUT2D eigenvalue weighted by Gasteiger charge is 2.23. The molecule has 0 saturated carbocycles. The minimum atomic E-state index is -2.94. The van der Waals surface area contributed by atoms with Crippen molar-refractivity contribution in [3.8, 4) is 0 Å². The maximum absolute atomic E-state index is 11.4. The number of nitrogens with zero attached hydrogens (tertiary/aromatic N) is 1. The van der Waals surface area contributed by atoms with Gasteiger partial charge in [-0.3, -0.25) is 4.99 Å². The van der Waals surface area contributed by atoms with Gasteiger partial charge in [-0.05, 0) is 30.2 Å². The van der Waals surface area contributed by atoms with E-state index in [9.17, 15) is 8.42 Å². The predicted molar refractivity (Wildman–Crippen MR) is 125 cm³/mol. The monoisotopic (exact) mass is 515 g/mol. The zero-order valence-electron chi connectivity index (χ0n) is 16.8. The Kier molecular flexibility index (Phi) is 10.7. The number of nitrogens with one attached hydrogen (secondary N) is 2. The second kappa shape index (κ2) is 10.8. The first-order valence-electron chi connectivity index (χ1n) is 8.69. The maximum Gasteiger partial charge on any atom is 0.191 e. The summed E-state index contributed by atoms with van der Waals surface area (Å²) < 4.78 is 22.8. The van der Waals surface area contributed by atoms with Gasteiger partial charge in [-0.15, -0.1) is 35.3 Å². The largest absolute Gasteiger partial charge is 0.357 e. The van der Waals surface area contributed by atoms with Crippen LogP contribution in [0, 0.1) is 5.41 Å². The van der Waals surface area contributed by atoms with Crippen LogP contribution in [0.25, 0.3) is 0 Å². The van der Waals surface area contributed by atoms with Crippen molar-refractivity contribution in [1.29, 1.82) is 0 Å². The Morgan fingerprint density at radius 1 is 1.23 bits per heavy atom. The fraction of sp³-hybridized carbons (Fsp3) is 0.722. The summed E-state index contributed by atoms with van der Waals surface area (Å²) in [5.74, 6) is 0.977. The summed E-state index contributed by atoms with van der Waals surface area (Å²) in [5, 5.41) is 8.79. The summed E-state index contributed by atoms with van der Waals surface area (Å²) in [5.41, 5.74) is -0.134. The first kappa shape index (κ1) is 25.6. The van der Waals surface area contributed by atoms with Crippen molar-refractivity contribution in [2.75, 3.05) is 31.6 Å². The van der Waals surface area contributed by atoms with E-state index in [2.05, 4.69) is 60.8 Å². The van der Waals surface area contributed by atoms with Crippen LogP contribution < -0.4 is 10.6 Å². The third-order valence-electron chi connectivity index (χ3n) is 4.05. The molecule has 0 unspecified atom stereocenters. The molecule has 1 aromatic heterocycles. The Morgan fingerprint density at radius 3 is 2.38 bits per heavy atom. The molecule has 1 heterocycles. The maximum atomic E-state index is 11.4. The van der Waals surface area contributed by atoms with Crippen LogP contribution in [0.4, 0.5) is 0 Å². The second-order valence-electron chi connectivity index (χ2n) is 7.95. The van der Waals surface area contributed by atoms with Gasteiger partial charge < -0.3 is 10.6 Å². The molecule has 0 aliphatic carbocycles. The minimum Gasteiger partial charge on any atom is -0.357 e. The summed E-state index contributed by atoms with van der Waals surface area (Å²) in [6.45, 7) is 12.7. The van der Waals surface area contributed by atoms with Crippen molar-refractivity contribution in [3.63, 3.8) is 0 Å². The van der Waals surface area contributed by atoms with Crippen LogP contribution in [-0.2, 0) is 15.3 Å². The van der Waals surface area contributed by atoms with Crippen molar-refractivity contribution in [3.05, 3.63) is 22.4 Å². The van der Waals surface area contributed by atoms with Crippen LogP contribution in [0.3, 0.4) is 0 Å². The molecule has 0 aromatic carbocycles. The van der Waals surface area contributed by atoms with Crippen molar-refractivity contribution in [2.45, 2.75) is 46.5 Å². The van der Waals surface area contributed by atoms with Gasteiger partial charge >= 0.3 is 0 Å². The average molecular weight is 516 g/mol. The highest BCUT2D eigenvalue weighted by atomic mass is 127. The Balaban J connectivity index is 0.00000625. The third-order valence-corrected chi connectivity index (χ3v) is 6.23. The molecule has 0 bridgehead atoms. The number of aliphatic imine (C=N–C) groups is 1. The summed E-state index contributed by atoms with van der Waals surface area (Å²) >= 11 is 1.76. The van der Waals surface area contributed by atoms with Gasteiger partial charge in [0.25, 0.3) is 0 Å². The van der Waals surface area contributed by atoms with E-state index in [-0.39, 0.29) is 40.6 Å². The van der Waals surface area contributed by atoms with Crippen molar-refractivity contribution >= 4 is 51.1 Å².